The van der Waals surface area contributed by atoms with Crippen LogP contribution in [0.15, 0.2) is 0 Å². The van der Waals surface area contributed by atoms with Crippen LogP contribution >= 0.6 is 0 Å². The fraction of sp³-hybridized carbons (Fsp3) is 0.900. The highest BCUT2D eigenvalue weighted by Crippen LogP contribution is 1.80. The zero-order valence-electron chi connectivity index (χ0n) is 10.7. The summed E-state index contributed by atoms with van der Waals surface area (Å²) < 4.78 is 15.6. The number of rotatable bonds is 13. The van der Waals surface area contributed by atoms with Crippen LogP contribution in [0.4, 0.5) is 0 Å². The van der Waals surface area contributed by atoms with E-state index in [1.54, 1.807) is 0 Å². The predicted molar refractivity (Wildman–Crippen MR) is 66.7 cm³/mol. The van der Waals surface area contributed by atoms with E-state index in [0.29, 0.717) is 52.7 Å². The summed E-state index contributed by atoms with van der Waals surface area (Å²) in [5, 5.41) is 2.63. The van der Waals surface area contributed by atoms with E-state index in [4.69, 9.17) is 25.8 Å². The third kappa shape index (κ3) is 13.3. The summed E-state index contributed by atoms with van der Waals surface area (Å²) in [4.78, 5) is 10.9. The first-order valence-corrected chi connectivity index (χ1v) is 5.94. The molecule has 0 rings (SSSR count). The quantitative estimate of drug-likeness (QED) is 0.166. The molecular formula is C10H24N4O4. The molecule has 0 unspecified atom stereocenters. The molecule has 6 N–H and O–H groups in total. The molecule has 0 heterocycles. The van der Waals surface area contributed by atoms with E-state index in [9.17, 15) is 4.79 Å². The molecule has 0 aliphatic heterocycles. The molecule has 0 aromatic carbocycles. The van der Waals surface area contributed by atoms with Gasteiger partial charge in [-0.05, 0) is 0 Å². The van der Waals surface area contributed by atoms with Crippen LogP contribution < -0.4 is 22.3 Å². The number of amides is 1. The van der Waals surface area contributed by atoms with Gasteiger partial charge in [-0.3, -0.25) is 16.1 Å². The standard InChI is InChI=1S/C10H24N4O4/c11-1-3-16-5-7-18-8-6-17-4-2-13-10(15)9-14-12/h14H,1-9,11-12H2,(H,13,15). The first kappa shape index (κ1) is 17.2. The Kier molecular flexibility index (Phi) is 13.7. The maximum atomic E-state index is 10.9. The highest BCUT2D eigenvalue weighted by molar-refractivity contribution is 5.77. The summed E-state index contributed by atoms with van der Waals surface area (Å²) in [5.41, 5.74) is 7.52. The van der Waals surface area contributed by atoms with Crippen molar-refractivity contribution < 1.29 is 19.0 Å². The fourth-order valence-electron chi connectivity index (χ4n) is 1.04. The molecule has 0 fully saturated rings. The van der Waals surface area contributed by atoms with Gasteiger partial charge in [0.15, 0.2) is 0 Å². The molecule has 0 spiro atoms. The van der Waals surface area contributed by atoms with E-state index in [0.717, 1.165) is 0 Å². The number of nitrogens with two attached hydrogens (primary N) is 2. The maximum Gasteiger partial charge on any atom is 0.235 e. The van der Waals surface area contributed by atoms with Crippen molar-refractivity contribution in [1.29, 1.82) is 0 Å². The first-order chi connectivity index (χ1) is 8.81. The Morgan fingerprint density at radius 1 is 0.944 bits per heavy atom. The van der Waals surface area contributed by atoms with E-state index in [1.165, 1.54) is 0 Å². The van der Waals surface area contributed by atoms with Crippen molar-refractivity contribution >= 4 is 5.91 Å². The normalized spacial score (nSPS) is 10.6. The van der Waals surface area contributed by atoms with E-state index in [2.05, 4.69) is 10.7 Å². The second-order valence-electron chi connectivity index (χ2n) is 3.36. The van der Waals surface area contributed by atoms with E-state index < -0.39 is 0 Å². The van der Waals surface area contributed by atoms with Crippen molar-refractivity contribution in [3.63, 3.8) is 0 Å². The molecule has 0 radical (unpaired) electrons. The minimum atomic E-state index is -0.158. The van der Waals surface area contributed by atoms with Crippen molar-refractivity contribution in [2.24, 2.45) is 11.6 Å². The lowest BCUT2D eigenvalue weighted by atomic mass is 10.5. The maximum absolute atomic E-state index is 10.9. The smallest absolute Gasteiger partial charge is 0.235 e. The summed E-state index contributed by atoms with van der Waals surface area (Å²) in [6, 6.07) is 0. The van der Waals surface area contributed by atoms with Gasteiger partial charge in [0.05, 0.1) is 46.2 Å². The second kappa shape index (κ2) is 14.3. The third-order valence-corrected chi connectivity index (χ3v) is 1.84. The van der Waals surface area contributed by atoms with Gasteiger partial charge in [-0.25, -0.2) is 0 Å². The van der Waals surface area contributed by atoms with Crippen molar-refractivity contribution in [3.8, 4) is 0 Å². The van der Waals surface area contributed by atoms with E-state index in [-0.39, 0.29) is 12.5 Å². The van der Waals surface area contributed by atoms with Gasteiger partial charge in [-0.15, -0.1) is 0 Å². The summed E-state index contributed by atoms with van der Waals surface area (Å²) in [7, 11) is 0. The number of hydrazine groups is 1. The summed E-state index contributed by atoms with van der Waals surface area (Å²) in [6.07, 6.45) is 0. The number of hydrogen-bond acceptors (Lipinski definition) is 7. The Morgan fingerprint density at radius 3 is 2.06 bits per heavy atom. The lowest BCUT2D eigenvalue weighted by Gasteiger charge is -2.07. The number of nitrogens with one attached hydrogen (secondary N) is 2. The first-order valence-electron chi connectivity index (χ1n) is 5.94. The number of ether oxygens (including phenoxy) is 3. The Balaban J connectivity index is 3.01. The van der Waals surface area contributed by atoms with Crippen LogP contribution in [-0.4, -0.2) is 65.2 Å². The van der Waals surface area contributed by atoms with Crippen LogP contribution in [0, 0.1) is 0 Å². The molecule has 0 aliphatic rings. The zero-order chi connectivity index (χ0) is 13.5. The van der Waals surface area contributed by atoms with Crippen LogP contribution in [0.5, 0.6) is 0 Å². The molecule has 1 amide bonds. The molecular weight excluding hydrogens is 240 g/mol. The molecule has 0 aromatic heterocycles. The van der Waals surface area contributed by atoms with Crippen molar-refractivity contribution in [3.05, 3.63) is 0 Å². The van der Waals surface area contributed by atoms with Crippen LogP contribution in [0.25, 0.3) is 0 Å². The predicted octanol–water partition coefficient (Wildman–Crippen LogP) is -2.43. The average molecular weight is 264 g/mol. The molecule has 0 atom stereocenters. The lowest BCUT2D eigenvalue weighted by Crippen LogP contribution is -2.38. The molecule has 8 nitrogen and oxygen atoms in total. The topological polar surface area (TPSA) is 121 Å². The van der Waals surface area contributed by atoms with Gasteiger partial charge in [0.2, 0.25) is 5.91 Å². The molecule has 8 heteroatoms. The second-order valence-corrected chi connectivity index (χ2v) is 3.36. The van der Waals surface area contributed by atoms with Crippen molar-refractivity contribution in [1.82, 2.24) is 10.7 Å². The molecule has 18 heavy (non-hydrogen) atoms. The number of carbonyl (C=O) groups is 1. The van der Waals surface area contributed by atoms with Crippen molar-refractivity contribution in [2.75, 3.05) is 59.3 Å². The van der Waals surface area contributed by atoms with Gasteiger partial charge in [-0.2, -0.15) is 0 Å². The molecule has 0 aliphatic carbocycles. The molecule has 0 bridgehead atoms. The van der Waals surface area contributed by atoms with Gasteiger partial charge >= 0.3 is 0 Å². The fourth-order valence-corrected chi connectivity index (χ4v) is 1.04. The highest BCUT2D eigenvalue weighted by Gasteiger charge is 1.97. The van der Waals surface area contributed by atoms with E-state index >= 15 is 0 Å². The highest BCUT2D eigenvalue weighted by atomic mass is 16.5. The number of carbonyl (C=O) groups excluding carboxylic acids is 1. The lowest BCUT2D eigenvalue weighted by molar-refractivity contribution is -0.120. The van der Waals surface area contributed by atoms with Crippen LogP contribution in [-0.2, 0) is 19.0 Å². The van der Waals surface area contributed by atoms with Gasteiger partial charge in [0.25, 0.3) is 0 Å². The molecule has 0 aromatic rings. The number of hydrogen-bond donors (Lipinski definition) is 4. The molecule has 0 saturated heterocycles. The summed E-state index contributed by atoms with van der Waals surface area (Å²) >= 11 is 0. The average Bonchev–Trinajstić information content (AvgIpc) is 2.36. The Hall–Kier alpha value is -0.770. The minimum absolute atomic E-state index is 0.103. The molecule has 0 saturated carbocycles. The van der Waals surface area contributed by atoms with Crippen LogP contribution in [0.3, 0.4) is 0 Å². The van der Waals surface area contributed by atoms with Gasteiger partial charge < -0.3 is 25.3 Å². The summed E-state index contributed by atoms with van der Waals surface area (Å²) in [6.45, 7) is 4.15. The molecule has 108 valence electrons. The van der Waals surface area contributed by atoms with Gasteiger partial charge in [0.1, 0.15) is 0 Å². The Morgan fingerprint density at radius 2 is 1.50 bits per heavy atom. The zero-order valence-corrected chi connectivity index (χ0v) is 10.7. The van der Waals surface area contributed by atoms with Crippen molar-refractivity contribution in [2.45, 2.75) is 0 Å². The minimum Gasteiger partial charge on any atom is -0.378 e. The van der Waals surface area contributed by atoms with Gasteiger partial charge in [0, 0.05) is 13.1 Å². The van der Waals surface area contributed by atoms with Crippen LogP contribution in [0.2, 0.25) is 0 Å². The Labute approximate surface area is 107 Å². The SMILES string of the molecule is NCCOCCOCCOCCNC(=O)CNN. The monoisotopic (exact) mass is 264 g/mol. The Bertz CT molecular complexity index is 195. The third-order valence-electron chi connectivity index (χ3n) is 1.84. The van der Waals surface area contributed by atoms with E-state index in [1.807, 2.05) is 0 Å². The summed E-state index contributed by atoms with van der Waals surface area (Å²) in [5.74, 6) is 4.82. The van der Waals surface area contributed by atoms with Gasteiger partial charge in [-0.1, -0.05) is 0 Å². The van der Waals surface area contributed by atoms with Crippen LogP contribution in [0.1, 0.15) is 0 Å². The largest absolute Gasteiger partial charge is 0.378 e.